The van der Waals surface area contributed by atoms with Crippen molar-refractivity contribution in [2.45, 2.75) is 32.9 Å². The molecule has 2 N–H and O–H groups in total. The number of hydrogen-bond acceptors (Lipinski definition) is 3. The zero-order chi connectivity index (χ0) is 13.5. The average Bonchev–Trinajstić information content (AvgIpc) is 2.78. The van der Waals surface area contributed by atoms with Crippen LogP contribution in [0.25, 0.3) is 0 Å². The Kier molecular flexibility index (Phi) is 5.23. The summed E-state index contributed by atoms with van der Waals surface area (Å²) in [6, 6.07) is 1.44. The number of furan rings is 1. The molecule has 0 bridgehead atoms. The summed E-state index contributed by atoms with van der Waals surface area (Å²) >= 11 is 0. The number of carboxylic acid groups (broad SMARTS) is 1. The molecule has 0 radical (unpaired) electrons. The second-order valence-electron chi connectivity index (χ2n) is 4.22. The Bertz CT molecular complexity index is 387. The molecule has 0 saturated heterocycles. The first-order valence-electron chi connectivity index (χ1n) is 5.78. The Morgan fingerprint density at radius 3 is 2.72 bits per heavy atom. The first-order valence-corrected chi connectivity index (χ1v) is 5.78. The molecule has 0 unspecified atom stereocenters. The van der Waals surface area contributed by atoms with Crippen LogP contribution in [0, 0.1) is 0 Å². The summed E-state index contributed by atoms with van der Waals surface area (Å²) in [6.45, 7) is 4.26. The highest BCUT2D eigenvalue weighted by molar-refractivity contribution is 5.75. The van der Waals surface area contributed by atoms with Crippen molar-refractivity contribution in [1.29, 1.82) is 0 Å². The predicted octanol–water partition coefficient (Wildman–Crippen LogP) is 1.67. The standard InChI is InChI=1S/C12H18N2O4/c1-9(2)14(5-3-11(15)16)12(17)13-7-10-4-6-18-8-10/h4,6,8-9H,3,5,7H2,1-2H3,(H,13,17)(H,15,16). The molecule has 18 heavy (non-hydrogen) atoms. The molecule has 1 aromatic heterocycles. The van der Waals surface area contributed by atoms with Crippen LogP contribution in [0.2, 0.25) is 0 Å². The van der Waals surface area contributed by atoms with Crippen molar-refractivity contribution in [3.63, 3.8) is 0 Å². The van der Waals surface area contributed by atoms with E-state index in [9.17, 15) is 9.59 Å². The van der Waals surface area contributed by atoms with Crippen molar-refractivity contribution in [2.75, 3.05) is 6.54 Å². The predicted molar refractivity (Wildman–Crippen MR) is 65.0 cm³/mol. The van der Waals surface area contributed by atoms with Gasteiger partial charge in [0.05, 0.1) is 18.9 Å². The van der Waals surface area contributed by atoms with Crippen molar-refractivity contribution < 1.29 is 19.1 Å². The molecule has 0 aliphatic rings. The van der Waals surface area contributed by atoms with Crippen LogP contribution >= 0.6 is 0 Å². The van der Waals surface area contributed by atoms with Gasteiger partial charge < -0.3 is 19.7 Å². The van der Waals surface area contributed by atoms with Crippen molar-refractivity contribution in [2.24, 2.45) is 0 Å². The summed E-state index contributed by atoms with van der Waals surface area (Å²) in [7, 11) is 0. The molecule has 0 aliphatic heterocycles. The Hall–Kier alpha value is -1.98. The largest absolute Gasteiger partial charge is 0.481 e. The molecule has 0 spiro atoms. The van der Waals surface area contributed by atoms with Gasteiger partial charge in [-0.05, 0) is 19.9 Å². The topological polar surface area (TPSA) is 82.8 Å². The number of urea groups is 1. The van der Waals surface area contributed by atoms with Crippen LogP contribution in [0.3, 0.4) is 0 Å². The molecule has 100 valence electrons. The van der Waals surface area contributed by atoms with E-state index in [2.05, 4.69) is 5.32 Å². The zero-order valence-electron chi connectivity index (χ0n) is 10.5. The lowest BCUT2D eigenvalue weighted by Crippen LogP contribution is -2.44. The number of carbonyl (C=O) groups excluding carboxylic acids is 1. The highest BCUT2D eigenvalue weighted by Gasteiger charge is 2.17. The van der Waals surface area contributed by atoms with Crippen LogP contribution in [0.5, 0.6) is 0 Å². The van der Waals surface area contributed by atoms with E-state index in [-0.39, 0.29) is 25.0 Å². The number of hydrogen-bond donors (Lipinski definition) is 2. The third kappa shape index (κ3) is 4.48. The first-order chi connectivity index (χ1) is 8.50. The summed E-state index contributed by atoms with van der Waals surface area (Å²) < 4.78 is 4.89. The van der Waals surface area contributed by atoms with Gasteiger partial charge in [0.2, 0.25) is 0 Å². The maximum atomic E-state index is 11.9. The van der Waals surface area contributed by atoms with Crippen LogP contribution in [0.4, 0.5) is 4.79 Å². The number of rotatable bonds is 6. The molecule has 2 amide bonds. The number of aliphatic carboxylic acids is 1. The van der Waals surface area contributed by atoms with E-state index in [0.717, 1.165) is 5.56 Å². The molecule has 1 heterocycles. The number of nitrogens with zero attached hydrogens (tertiary/aromatic N) is 1. The lowest BCUT2D eigenvalue weighted by atomic mass is 10.3. The SMILES string of the molecule is CC(C)N(CCC(=O)O)C(=O)NCc1ccoc1. The Morgan fingerprint density at radius 2 is 2.22 bits per heavy atom. The summed E-state index contributed by atoms with van der Waals surface area (Å²) in [5, 5.41) is 11.4. The first kappa shape index (κ1) is 14.1. The van der Waals surface area contributed by atoms with Crippen LogP contribution < -0.4 is 5.32 Å². The molecule has 0 atom stereocenters. The van der Waals surface area contributed by atoms with Crippen molar-refractivity contribution >= 4 is 12.0 Å². The Morgan fingerprint density at radius 1 is 1.50 bits per heavy atom. The maximum absolute atomic E-state index is 11.9. The monoisotopic (exact) mass is 254 g/mol. The molecule has 0 fully saturated rings. The molecular formula is C12H18N2O4. The molecule has 6 nitrogen and oxygen atoms in total. The lowest BCUT2D eigenvalue weighted by molar-refractivity contribution is -0.137. The van der Waals surface area contributed by atoms with Crippen LogP contribution in [-0.2, 0) is 11.3 Å². The van der Waals surface area contributed by atoms with Gasteiger partial charge in [0.15, 0.2) is 0 Å². The zero-order valence-corrected chi connectivity index (χ0v) is 10.5. The highest BCUT2D eigenvalue weighted by atomic mass is 16.4. The normalized spacial score (nSPS) is 10.4. The second-order valence-corrected chi connectivity index (χ2v) is 4.22. The van der Waals surface area contributed by atoms with Crippen molar-refractivity contribution in [3.8, 4) is 0 Å². The fourth-order valence-corrected chi connectivity index (χ4v) is 1.48. The summed E-state index contributed by atoms with van der Waals surface area (Å²) in [5.41, 5.74) is 0.866. The average molecular weight is 254 g/mol. The van der Waals surface area contributed by atoms with Crippen molar-refractivity contribution in [1.82, 2.24) is 10.2 Å². The van der Waals surface area contributed by atoms with Crippen LogP contribution in [-0.4, -0.2) is 34.6 Å². The molecule has 1 rings (SSSR count). The Labute approximate surface area is 106 Å². The summed E-state index contributed by atoms with van der Waals surface area (Å²) in [4.78, 5) is 23.9. The van der Waals surface area contributed by atoms with Gasteiger partial charge in [-0.25, -0.2) is 4.79 Å². The van der Waals surface area contributed by atoms with E-state index >= 15 is 0 Å². The van der Waals surface area contributed by atoms with Gasteiger partial charge >= 0.3 is 12.0 Å². The minimum atomic E-state index is -0.914. The van der Waals surface area contributed by atoms with E-state index < -0.39 is 5.97 Å². The fourth-order valence-electron chi connectivity index (χ4n) is 1.48. The molecule has 0 saturated carbocycles. The van der Waals surface area contributed by atoms with Gasteiger partial charge in [-0.15, -0.1) is 0 Å². The molecule has 1 aromatic rings. The number of nitrogens with one attached hydrogen (secondary N) is 1. The summed E-state index contributed by atoms with van der Waals surface area (Å²) in [5.74, 6) is -0.914. The maximum Gasteiger partial charge on any atom is 0.317 e. The number of carbonyl (C=O) groups is 2. The molecule has 0 aromatic carbocycles. The van der Waals surface area contributed by atoms with E-state index in [1.54, 1.807) is 12.3 Å². The number of carboxylic acids is 1. The minimum Gasteiger partial charge on any atom is -0.481 e. The van der Waals surface area contributed by atoms with Gasteiger partial charge in [-0.2, -0.15) is 0 Å². The van der Waals surface area contributed by atoms with Gasteiger partial charge in [0.25, 0.3) is 0 Å². The fraction of sp³-hybridized carbons (Fsp3) is 0.500. The van der Waals surface area contributed by atoms with Gasteiger partial charge in [0, 0.05) is 24.7 Å². The second kappa shape index (κ2) is 6.68. The van der Waals surface area contributed by atoms with Crippen LogP contribution in [0.1, 0.15) is 25.8 Å². The van der Waals surface area contributed by atoms with E-state index in [1.165, 1.54) is 11.2 Å². The third-order valence-corrected chi connectivity index (χ3v) is 2.47. The Balaban J connectivity index is 2.46. The van der Waals surface area contributed by atoms with Gasteiger partial charge in [-0.3, -0.25) is 4.79 Å². The summed E-state index contributed by atoms with van der Waals surface area (Å²) in [6.07, 6.45) is 3.03. The van der Waals surface area contributed by atoms with E-state index in [1.807, 2.05) is 13.8 Å². The minimum absolute atomic E-state index is 0.0475. The van der Waals surface area contributed by atoms with Crippen molar-refractivity contribution in [3.05, 3.63) is 24.2 Å². The highest BCUT2D eigenvalue weighted by Crippen LogP contribution is 2.03. The third-order valence-electron chi connectivity index (χ3n) is 2.47. The molecule has 0 aliphatic carbocycles. The quantitative estimate of drug-likeness (QED) is 0.809. The molecular weight excluding hydrogens is 236 g/mol. The van der Waals surface area contributed by atoms with E-state index in [0.29, 0.717) is 6.54 Å². The van der Waals surface area contributed by atoms with Gasteiger partial charge in [-0.1, -0.05) is 0 Å². The van der Waals surface area contributed by atoms with E-state index in [4.69, 9.17) is 9.52 Å². The lowest BCUT2D eigenvalue weighted by Gasteiger charge is -2.26. The van der Waals surface area contributed by atoms with Crippen LogP contribution in [0.15, 0.2) is 23.0 Å². The van der Waals surface area contributed by atoms with Gasteiger partial charge in [0.1, 0.15) is 0 Å². The number of amides is 2. The molecule has 6 heteroatoms. The smallest absolute Gasteiger partial charge is 0.317 e.